The van der Waals surface area contributed by atoms with E-state index in [2.05, 4.69) is 115 Å². The number of para-hydroxylation sites is 2. The number of anilines is 1. The van der Waals surface area contributed by atoms with Crippen LogP contribution < -0.4 is 5.32 Å². The van der Waals surface area contributed by atoms with E-state index >= 15 is 0 Å². The molecular formula is C28H20N2. The number of hydrogen-bond donors (Lipinski definition) is 1. The zero-order chi connectivity index (χ0) is 19.9. The van der Waals surface area contributed by atoms with E-state index in [0.717, 1.165) is 22.5 Å². The molecule has 5 aromatic rings. The van der Waals surface area contributed by atoms with Crippen LogP contribution in [0.15, 0.2) is 109 Å². The van der Waals surface area contributed by atoms with Crippen molar-refractivity contribution in [3.63, 3.8) is 0 Å². The number of benzene rings is 4. The van der Waals surface area contributed by atoms with Crippen LogP contribution in [0.5, 0.6) is 0 Å². The number of hydrogen-bond acceptors (Lipinski definition) is 2. The number of rotatable bonds is 2. The van der Waals surface area contributed by atoms with Crippen molar-refractivity contribution in [2.24, 2.45) is 0 Å². The Labute approximate surface area is 175 Å². The Morgan fingerprint density at radius 3 is 2.13 bits per heavy atom. The third kappa shape index (κ3) is 2.61. The normalized spacial score (nSPS) is 14.6. The lowest BCUT2D eigenvalue weighted by Crippen LogP contribution is -2.20. The summed E-state index contributed by atoms with van der Waals surface area (Å²) in [5, 5.41) is 4.99. The summed E-state index contributed by atoms with van der Waals surface area (Å²) in [7, 11) is 0. The molecule has 0 amide bonds. The van der Waals surface area contributed by atoms with Crippen LogP contribution in [0.3, 0.4) is 0 Å². The zero-order valence-electron chi connectivity index (χ0n) is 16.4. The van der Waals surface area contributed by atoms with E-state index in [-0.39, 0.29) is 6.04 Å². The molecule has 1 unspecified atom stereocenters. The molecule has 0 saturated heterocycles. The van der Waals surface area contributed by atoms with Gasteiger partial charge in [-0.3, -0.25) is 0 Å². The molecule has 0 bridgehead atoms. The van der Waals surface area contributed by atoms with Crippen LogP contribution in [0.2, 0.25) is 0 Å². The summed E-state index contributed by atoms with van der Waals surface area (Å²) in [6, 6.07) is 38.3. The second-order valence-corrected chi connectivity index (χ2v) is 7.67. The molecule has 2 nitrogen and oxygen atoms in total. The third-order valence-corrected chi connectivity index (χ3v) is 5.90. The van der Waals surface area contributed by atoms with Crippen LogP contribution in [-0.2, 0) is 0 Å². The largest absolute Gasteiger partial charge is 0.373 e. The fourth-order valence-corrected chi connectivity index (χ4v) is 4.57. The first-order chi connectivity index (χ1) is 14.9. The topological polar surface area (TPSA) is 24.9 Å². The highest BCUT2D eigenvalue weighted by molar-refractivity contribution is 6.02. The molecule has 6 rings (SSSR count). The summed E-state index contributed by atoms with van der Waals surface area (Å²) in [6.45, 7) is 0. The average molecular weight is 384 g/mol. The molecule has 1 atom stereocenters. The van der Waals surface area contributed by atoms with E-state index in [1.165, 1.54) is 27.6 Å². The van der Waals surface area contributed by atoms with Crippen molar-refractivity contribution in [1.29, 1.82) is 0 Å². The molecule has 0 saturated carbocycles. The lowest BCUT2D eigenvalue weighted by Gasteiger charge is -2.32. The van der Waals surface area contributed by atoms with Crippen molar-refractivity contribution in [2.75, 3.05) is 5.32 Å². The van der Waals surface area contributed by atoms with Gasteiger partial charge in [0.25, 0.3) is 0 Å². The molecule has 0 aliphatic carbocycles. The fraction of sp³-hybridized carbons (Fsp3) is 0.0357. The standard InChI is InChI=1S/C28H20N2/c1-3-11-19(12-4-1)25-21-15-7-9-17-23(21)30-28-22-16-8-10-18-24(22)29-27(26(25)28)20-13-5-2-6-14-20/h1-18,27,29H. The van der Waals surface area contributed by atoms with E-state index in [9.17, 15) is 0 Å². The smallest absolute Gasteiger partial charge is 0.0795 e. The van der Waals surface area contributed by atoms with Gasteiger partial charge in [0.1, 0.15) is 0 Å². The highest BCUT2D eigenvalue weighted by Gasteiger charge is 2.30. The van der Waals surface area contributed by atoms with Crippen LogP contribution >= 0.6 is 0 Å². The van der Waals surface area contributed by atoms with Gasteiger partial charge in [-0.25, -0.2) is 4.98 Å². The van der Waals surface area contributed by atoms with Crippen molar-refractivity contribution < 1.29 is 0 Å². The van der Waals surface area contributed by atoms with Gasteiger partial charge < -0.3 is 5.32 Å². The molecule has 142 valence electrons. The van der Waals surface area contributed by atoms with E-state index < -0.39 is 0 Å². The van der Waals surface area contributed by atoms with Crippen LogP contribution in [0.4, 0.5) is 5.69 Å². The van der Waals surface area contributed by atoms with Gasteiger partial charge in [0.05, 0.1) is 17.3 Å². The summed E-state index contributed by atoms with van der Waals surface area (Å²) in [6.07, 6.45) is 0. The minimum absolute atomic E-state index is 0.0309. The zero-order valence-corrected chi connectivity index (χ0v) is 16.4. The van der Waals surface area contributed by atoms with E-state index in [1.807, 2.05) is 0 Å². The van der Waals surface area contributed by atoms with Gasteiger partial charge in [0.15, 0.2) is 0 Å². The first kappa shape index (κ1) is 17.0. The maximum Gasteiger partial charge on any atom is 0.0795 e. The van der Waals surface area contributed by atoms with Crippen molar-refractivity contribution in [3.05, 3.63) is 120 Å². The third-order valence-electron chi connectivity index (χ3n) is 5.90. The maximum absolute atomic E-state index is 5.18. The molecule has 0 fully saturated rings. The molecule has 0 spiro atoms. The molecule has 0 radical (unpaired) electrons. The Hall–Kier alpha value is -3.91. The van der Waals surface area contributed by atoms with Crippen LogP contribution in [-0.4, -0.2) is 4.98 Å². The number of pyridine rings is 1. The lowest BCUT2D eigenvalue weighted by atomic mass is 9.83. The Kier molecular flexibility index (Phi) is 3.88. The summed E-state index contributed by atoms with van der Waals surface area (Å²) in [4.78, 5) is 5.18. The second-order valence-electron chi connectivity index (χ2n) is 7.67. The lowest BCUT2D eigenvalue weighted by molar-refractivity contribution is 0.924. The predicted molar refractivity (Wildman–Crippen MR) is 125 cm³/mol. The molecule has 2 heteroatoms. The highest BCUT2D eigenvalue weighted by atomic mass is 15.0. The van der Waals surface area contributed by atoms with Crippen LogP contribution in [0.1, 0.15) is 17.2 Å². The molecule has 30 heavy (non-hydrogen) atoms. The Balaban J connectivity index is 1.77. The summed E-state index contributed by atoms with van der Waals surface area (Å²) >= 11 is 0. The first-order valence-electron chi connectivity index (χ1n) is 10.3. The van der Waals surface area contributed by atoms with Gasteiger partial charge in [-0.05, 0) is 28.8 Å². The van der Waals surface area contributed by atoms with Crippen molar-refractivity contribution in [2.45, 2.75) is 6.04 Å². The molecular weight excluding hydrogens is 364 g/mol. The summed E-state index contributed by atoms with van der Waals surface area (Å²) in [5.41, 5.74) is 9.33. The Morgan fingerprint density at radius 1 is 0.633 bits per heavy atom. The molecule has 4 aromatic carbocycles. The number of aromatic nitrogens is 1. The number of nitrogens with zero attached hydrogens (tertiary/aromatic N) is 1. The second kappa shape index (κ2) is 6.85. The van der Waals surface area contributed by atoms with Gasteiger partial charge in [0, 0.05) is 22.2 Å². The van der Waals surface area contributed by atoms with Crippen molar-refractivity contribution in [3.8, 4) is 22.4 Å². The van der Waals surface area contributed by atoms with Gasteiger partial charge >= 0.3 is 0 Å². The molecule has 1 aliphatic heterocycles. The van der Waals surface area contributed by atoms with Crippen molar-refractivity contribution >= 4 is 16.6 Å². The first-order valence-corrected chi connectivity index (χ1v) is 10.3. The predicted octanol–water partition coefficient (Wildman–Crippen LogP) is 7.08. The molecule has 1 aliphatic rings. The van der Waals surface area contributed by atoms with Crippen LogP contribution in [0.25, 0.3) is 33.3 Å². The average Bonchev–Trinajstić information content (AvgIpc) is 2.83. The van der Waals surface area contributed by atoms with Gasteiger partial charge in [-0.15, -0.1) is 0 Å². The minimum Gasteiger partial charge on any atom is -0.373 e. The van der Waals surface area contributed by atoms with E-state index in [0.29, 0.717) is 0 Å². The Bertz CT molecular complexity index is 1360. The van der Waals surface area contributed by atoms with Crippen LogP contribution in [0, 0.1) is 0 Å². The monoisotopic (exact) mass is 384 g/mol. The SMILES string of the molecule is c1ccc(-c2c3c(nc4ccccc24)-c2ccccc2NC3c2ccccc2)cc1. The molecule has 2 heterocycles. The molecule has 1 N–H and O–H groups in total. The van der Waals surface area contributed by atoms with Gasteiger partial charge in [-0.1, -0.05) is 97.1 Å². The quantitative estimate of drug-likeness (QED) is 0.352. The highest BCUT2D eigenvalue weighted by Crippen LogP contribution is 2.48. The minimum atomic E-state index is 0.0309. The van der Waals surface area contributed by atoms with Crippen molar-refractivity contribution in [1.82, 2.24) is 4.98 Å². The summed E-state index contributed by atoms with van der Waals surface area (Å²) < 4.78 is 0. The maximum atomic E-state index is 5.18. The van der Waals surface area contributed by atoms with E-state index in [1.54, 1.807) is 0 Å². The number of fused-ring (bicyclic) bond motifs is 4. The summed E-state index contributed by atoms with van der Waals surface area (Å²) in [5.74, 6) is 0. The van der Waals surface area contributed by atoms with E-state index in [4.69, 9.17) is 4.98 Å². The Morgan fingerprint density at radius 2 is 1.30 bits per heavy atom. The fourth-order valence-electron chi connectivity index (χ4n) is 4.57. The number of nitrogens with one attached hydrogen (secondary N) is 1. The molecule has 1 aromatic heterocycles. The van der Waals surface area contributed by atoms with Gasteiger partial charge in [-0.2, -0.15) is 0 Å². The van der Waals surface area contributed by atoms with Gasteiger partial charge in [0.2, 0.25) is 0 Å².